The van der Waals surface area contributed by atoms with Crippen molar-refractivity contribution < 1.29 is 28.5 Å². The Morgan fingerprint density at radius 2 is 1.93 bits per heavy atom. The van der Waals surface area contributed by atoms with Crippen LogP contribution in [0.1, 0.15) is 9.67 Å². The molecule has 0 fully saturated rings. The molecule has 0 bridgehead atoms. The molecule has 1 aromatic heterocycles. The van der Waals surface area contributed by atoms with Gasteiger partial charge in [0.1, 0.15) is 23.8 Å². The second kappa shape index (κ2) is 8.18. The molecule has 2 heterocycles. The van der Waals surface area contributed by atoms with E-state index in [9.17, 15) is 9.59 Å². The number of esters is 1. The number of amides is 1. The van der Waals surface area contributed by atoms with Crippen LogP contribution in [-0.4, -0.2) is 38.8 Å². The fraction of sp³-hybridized carbons (Fsp3) is 0.200. The lowest BCUT2D eigenvalue weighted by atomic mass is 10.2. The number of methoxy groups -OCH3 is 1. The second-order valence-electron chi connectivity index (χ2n) is 6.09. The Morgan fingerprint density at radius 1 is 1.14 bits per heavy atom. The molecule has 3 aromatic rings. The zero-order valence-electron chi connectivity index (χ0n) is 15.3. The number of halogens is 1. The number of carbonyl (C=O) groups is 2. The van der Waals surface area contributed by atoms with Crippen molar-refractivity contribution in [3.8, 4) is 17.2 Å². The van der Waals surface area contributed by atoms with Crippen LogP contribution in [0.4, 0.5) is 5.69 Å². The maximum absolute atomic E-state index is 12.4. The number of thiophene rings is 1. The van der Waals surface area contributed by atoms with Crippen molar-refractivity contribution in [3.63, 3.8) is 0 Å². The highest BCUT2D eigenvalue weighted by Crippen LogP contribution is 2.37. The van der Waals surface area contributed by atoms with Crippen LogP contribution in [-0.2, 0) is 9.53 Å². The molecule has 1 aliphatic rings. The molecule has 0 unspecified atom stereocenters. The third-order valence-corrected chi connectivity index (χ3v) is 5.82. The molecule has 0 saturated carbocycles. The van der Waals surface area contributed by atoms with Crippen molar-refractivity contribution in [1.29, 1.82) is 0 Å². The summed E-state index contributed by atoms with van der Waals surface area (Å²) in [6.45, 7) is 0.493. The van der Waals surface area contributed by atoms with Crippen LogP contribution in [0, 0.1) is 0 Å². The maximum Gasteiger partial charge on any atom is 0.350 e. The maximum atomic E-state index is 12.4. The number of hydrogen-bond donors (Lipinski definition) is 1. The van der Waals surface area contributed by atoms with Gasteiger partial charge < -0.3 is 24.3 Å². The summed E-state index contributed by atoms with van der Waals surface area (Å²) in [5.74, 6) is 0.700. The first-order valence-electron chi connectivity index (χ1n) is 8.68. The number of carbonyl (C=O) groups excluding carboxylic acids is 2. The van der Waals surface area contributed by atoms with E-state index >= 15 is 0 Å². The van der Waals surface area contributed by atoms with Gasteiger partial charge in [0.15, 0.2) is 18.1 Å². The normalized spacial score (nSPS) is 12.5. The van der Waals surface area contributed by atoms with Gasteiger partial charge in [0.05, 0.1) is 12.1 Å². The van der Waals surface area contributed by atoms with Gasteiger partial charge in [0, 0.05) is 21.8 Å². The van der Waals surface area contributed by atoms with Crippen molar-refractivity contribution in [3.05, 3.63) is 46.3 Å². The zero-order valence-corrected chi connectivity index (χ0v) is 16.9. The summed E-state index contributed by atoms with van der Waals surface area (Å²) in [5, 5.41) is 3.68. The van der Waals surface area contributed by atoms with Crippen molar-refractivity contribution >= 4 is 50.6 Å². The first-order valence-corrected chi connectivity index (χ1v) is 9.87. The molecule has 0 aliphatic carbocycles. The third kappa shape index (κ3) is 4.08. The molecule has 0 atom stereocenters. The summed E-state index contributed by atoms with van der Waals surface area (Å²) < 4.78 is 22.0. The second-order valence-corrected chi connectivity index (χ2v) is 7.52. The first kappa shape index (κ1) is 19.4. The first-order chi connectivity index (χ1) is 14.0. The Labute approximate surface area is 175 Å². The van der Waals surface area contributed by atoms with Crippen LogP contribution in [0.3, 0.4) is 0 Å². The average molecular weight is 434 g/mol. The van der Waals surface area contributed by atoms with Crippen molar-refractivity contribution in [2.24, 2.45) is 0 Å². The molecule has 9 heteroatoms. The van der Waals surface area contributed by atoms with E-state index in [-0.39, 0.29) is 4.88 Å². The fourth-order valence-electron chi connectivity index (χ4n) is 2.82. The lowest BCUT2D eigenvalue weighted by Gasteiger charge is -2.19. The molecule has 0 spiro atoms. The monoisotopic (exact) mass is 433 g/mol. The number of rotatable bonds is 5. The molecule has 2 aromatic carbocycles. The van der Waals surface area contributed by atoms with Crippen molar-refractivity contribution in [2.75, 3.05) is 32.2 Å². The van der Waals surface area contributed by atoms with Gasteiger partial charge in [-0.25, -0.2) is 4.79 Å². The van der Waals surface area contributed by atoms with Crippen LogP contribution in [0.15, 0.2) is 36.4 Å². The number of fused-ring (bicyclic) bond motifs is 2. The molecule has 7 nitrogen and oxygen atoms in total. The van der Waals surface area contributed by atoms with E-state index in [0.29, 0.717) is 41.2 Å². The van der Waals surface area contributed by atoms with E-state index in [0.717, 1.165) is 10.1 Å². The number of anilines is 1. The quantitative estimate of drug-likeness (QED) is 0.609. The summed E-state index contributed by atoms with van der Waals surface area (Å²) in [5.41, 5.74) is 0.516. The minimum Gasteiger partial charge on any atom is -0.497 e. The van der Waals surface area contributed by atoms with Crippen LogP contribution in [0.2, 0.25) is 5.02 Å². The average Bonchev–Trinajstić information content (AvgIpc) is 3.07. The van der Waals surface area contributed by atoms with Gasteiger partial charge in [0.2, 0.25) is 0 Å². The largest absolute Gasteiger partial charge is 0.497 e. The Kier molecular flexibility index (Phi) is 5.46. The highest BCUT2D eigenvalue weighted by Gasteiger charge is 2.20. The standard InChI is InChI=1S/C20H16ClNO6S/c1-25-12-3-4-13-16(9-12)29-19(18(13)21)20(24)28-10-17(23)22-11-2-5-14-15(8-11)27-7-6-26-14/h2-5,8-9H,6-7,10H2,1H3,(H,22,23). The molecule has 0 saturated heterocycles. The predicted molar refractivity (Wildman–Crippen MR) is 110 cm³/mol. The highest BCUT2D eigenvalue weighted by molar-refractivity contribution is 7.21. The summed E-state index contributed by atoms with van der Waals surface area (Å²) in [4.78, 5) is 24.8. The number of nitrogens with one attached hydrogen (secondary N) is 1. The minimum atomic E-state index is -0.660. The molecule has 1 amide bonds. The molecular weight excluding hydrogens is 418 g/mol. The Balaban J connectivity index is 1.40. The highest BCUT2D eigenvalue weighted by atomic mass is 35.5. The SMILES string of the molecule is COc1ccc2c(Cl)c(C(=O)OCC(=O)Nc3ccc4c(c3)OCCO4)sc2c1. The molecule has 150 valence electrons. The number of benzene rings is 2. The Bertz CT molecular complexity index is 1100. The predicted octanol–water partition coefficient (Wildman–Crippen LogP) is 4.13. The van der Waals surface area contributed by atoms with Crippen LogP contribution in [0.5, 0.6) is 17.2 Å². The fourth-order valence-corrected chi connectivity index (χ4v) is 4.25. The van der Waals surface area contributed by atoms with Crippen LogP contribution in [0.25, 0.3) is 10.1 Å². The number of ether oxygens (including phenoxy) is 4. The van der Waals surface area contributed by atoms with E-state index in [1.54, 1.807) is 43.5 Å². The van der Waals surface area contributed by atoms with Gasteiger partial charge in [-0.3, -0.25) is 4.79 Å². The van der Waals surface area contributed by atoms with E-state index < -0.39 is 18.5 Å². The summed E-state index contributed by atoms with van der Waals surface area (Å²) >= 11 is 7.49. The minimum absolute atomic E-state index is 0.238. The van der Waals surface area contributed by atoms with E-state index in [4.69, 9.17) is 30.5 Å². The van der Waals surface area contributed by atoms with Gasteiger partial charge >= 0.3 is 5.97 Å². The lowest BCUT2D eigenvalue weighted by Crippen LogP contribution is -2.21. The molecule has 1 aliphatic heterocycles. The molecular formula is C20H16ClNO6S. The summed E-state index contributed by atoms with van der Waals surface area (Å²) in [6, 6.07) is 10.4. The van der Waals surface area contributed by atoms with Gasteiger partial charge in [-0.05, 0) is 30.3 Å². The van der Waals surface area contributed by atoms with Crippen LogP contribution >= 0.6 is 22.9 Å². The third-order valence-electron chi connectivity index (χ3n) is 4.18. The molecule has 29 heavy (non-hydrogen) atoms. The van der Waals surface area contributed by atoms with Gasteiger partial charge in [0.25, 0.3) is 5.91 Å². The molecule has 4 rings (SSSR count). The molecule has 0 radical (unpaired) electrons. The van der Waals surface area contributed by atoms with Gasteiger partial charge in [-0.15, -0.1) is 11.3 Å². The van der Waals surface area contributed by atoms with E-state index in [1.165, 1.54) is 11.3 Å². The number of hydrogen-bond acceptors (Lipinski definition) is 7. The smallest absolute Gasteiger partial charge is 0.350 e. The van der Waals surface area contributed by atoms with Crippen molar-refractivity contribution in [2.45, 2.75) is 0 Å². The van der Waals surface area contributed by atoms with Gasteiger partial charge in [-0.1, -0.05) is 11.6 Å². The van der Waals surface area contributed by atoms with E-state index in [1.807, 2.05) is 0 Å². The Hall–Kier alpha value is -2.97. The Morgan fingerprint density at radius 3 is 2.72 bits per heavy atom. The summed E-state index contributed by atoms with van der Waals surface area (Å²) in [7, 11) is 1.56. The van der Waals surface area contributed by atoms with Crippen LogP contribution < -0.4 is 19.5 Å². The summed E-state index contributed by atoms with van der Waals surface area (Å²) in [6.07, 6.45) is 0. The molecule has 1 N–H and O–H groups in total. The van der Waals surface area contributed by atoms with E-state index in [2.05, 4.69) is 5.32 Å². The lowest BCUT2D eigenvalue weighted by molar-refractivity contribution is -0.119. The zero-order chi connectivity index (χ0) is 20.4. The topological polar surface area (TPSA) is 83.1 Å². The van der Waals surface area contributed by atoms with Gasteiger partial charge in [-0.2, -0.15) is 0 Å². The van der Waals surface area contributed by atoms with Crippen molar-refractivity contribution in [1.82, 2.24) is 0 Å².